The first-order valence-corrected chi connectivity index (χ1v) is 5.14. The van der Waals surface area contributed by atoms with Crippen molar-refractivity contribution >= 4 is 6.29 Å². The van der Waals surface area contributed by atoms with Crippen molar-refractivity contribution in [3.63, 3.8) is 0 Å². The highest BCUT2D eigenvalue weighted by Crippen LogP contribution is 2.06. The Hall–Kier alpha value is -0.410. The van der Waals surface area contributed by atoms with Crippen LogP contribution in [0.5, 0.6) is 0 Å². The normalized spacial score (nSPS) is 25.0. The quantitative estimate of drug-likeness (QED) is 0.646. The minimum Gasteiger partial charge on any atom is -0.313 e. The zero-order chi connectivity index (χ0) is 9.68. The van der Waals surface area contributed by atoms with Gasteiger partial charge in [0.25, 0.3) is 0 Å². The largest absolute Gasteiger partial charge is 0.313 e. The number of rotatable bonds is 4. The summed E-state index contributed by atoms with van der Waals surface area (Å²) in [6, 6.07) is 0.104. The van der Waals surface area contributed by atoms with Crippen LogP contribution in [-0.2, 0) is 4.79 Å². The van der Waals surface area contributed by atoms with E-state index in [9.17, 15) is 4.79 Å². The summed E-state index contributed by atoms with van der Waals surface area (Å²) in [6.45, 7) is 8.35. The van der Waals surface area contributed by atoms with E-state index in [1.165, 1.54) is 6.42 Å². The van der Waals surface area contributed by atoms with Gasteiger partial charge in [-0.2, -0.15) is 0 Å². The molecule has 1 saturated heterocycles. The average molecular weight is 184 g/mol. The fraction of sp³-hybridized carbons (Fsp3) is 0.900. The van der Waals surface area contributed by atoms with E-state index < -0.39 is 0 Å². The fourth-order valence-corrected chi connectivity index (χ4v) is 1.60. The van der Waals surface area contributed by atoms with Crippen molar-refractivity contribution in [1.82, 2.24) is 10.2 Å². The van der Waals surface area contributed by atoms with Gasteiger partial charge in [-0.25, -0.2) is 0 Å². The van der Waals surface area contributed by atoms with Crippen molar-refractivity contribution in [3.05, 3.63) is 0 Å². The van der Waals surface area contributed by atoms with Crippen LogP contribution in [0.1, 0.15) is 20.3 Å². The molecule has 13 heavy (non-hydrogen) atoms. The second kappa shape index (κ2) is 5.35. The number of nitrogens with zero attached hydrogens (tertiary/aromatic N) is 1. The molecule has 1 unspecified atom stereocenters. The number of piperazine rings is 1. The third-order valence-corrected chi connectivity index (χ3v) is 2.55. The summed E-state index contributed by atoms with van der Waals surface area (Å²) >= 11 is 0. The summed E-state index contributed by atoms with van der Waals surface area (Å²) in [4.78, 5) is 13.0. The summed E-state index contributed by atoms with van der Waals surface area (Å²) in [5, 5.41) is 3.23. The Balaban J connectivity index is 2.31. The van der Waals surface area contributed by atoms with E-state index in [1.54, 1.807) is 0 Å². The van der Waals surface area contributed by atoms with Crippen LogP contribution in [0.15, 0.2) is 0 Å². The van der Waals surface area contributed by atoms with Gasteiger partial charge in [-0.05, 0) is 18.9 Å². The van der Waals surface area contributed by atoms with Crippen LogP contribution in [0.2, 0.25) is 0 Å². The molecule has 1 rings (SSSR count). The Morgan fingerprint density at radius 1 is 1.62 bits per heavy atom. The number of carbonyl (C=O) groups is 1. The molecule has 0 bridgehead atoms. The van der Waals surface area contributed by atoms with E-state index in [1.807, 2.05) is 0 Å². The Morgan fingerprint density at radius 2 is 2.38 bits per heavy atom. The third kappa shape index (κ3) is 3.44. The second-order valence-electron chi connectivity index (χ2n) is 4.13. The standard InChI is InChI=1S/C10H20N2O/c1-9(2)3-5-12-6-4-11-7-10(12)8-13/h8-11H,3-7H2,1-2H3. The molecule has 3 heteroatoms. The van der Waals surface area contributed by atoms with E-state index in [2.05, 4.69) is 24.1 Å². The van der Waals surface area contributed by atoms with Crippen LogP contribution in [0.4, 0.5) is 0 Å². The SMILES string of the molecule is CC(C)CCN1CCNCC1C=O. The Labute approximate surface area is 80.5 Å². The molecule has 1 fully saturated rings. The van der Waals surface area contributed by atoms with Crippen LogP contribution in [0, 0.1) is 5.92 Å². The van der Waals surface area contributed by atoms with E-state index in [-0.39, 0.29) is 6.04 Å². The van der Waals surface area contributed by atoms with Gasteiger partial charge >= 0.3 is 0 Å². The molecule has 0 aromatic rings. The molecule has 1 atom stereocenters. The van der Waals surface area contributed by atoms with Crippen molar-refractivity contribution in [2.75, 3.05) is 26.2 Å². The summed E-state index contributed by atoms with van der Waals surface area (Å²) in [5.41, 5.74) is 0. The number of nitrogens with one attached hydrogen (secondary N) is 1. The summed E-state index contributed by atoms with van der Waals surface area (Å²) < 4.78 is 0. The lowest BCUT2D eigenvalue weighted by atomic mass is 10.1. The van der Waals surface area contributed by atoms with Gasteiger partial charge in [0, 0.05) is 19.6 Å². The van der Waals surface area contributed by atoms with Crippen molar-refractivity contribution in [3.8, 4) is 0 Å². The van der Waals surface area contributed by atoms with Gasteiger partial charge in [-0.3, -0.25) is 4.90 Å². The maximum atomic E-state index is 10.7. The molecule has 0 radical (unpaired) electrons. The highest BCUT2D eigenvalue weighted by atomic mass is 16.1. The molecule has 1 aliphatic rings. The average Bonchev–Trinajstić information content (AvgIpc) is 2.15. The number of carbonyl (C=O) groups excluding carboxylic acids is 1. The molecule has 0 aliphatic carbocycles. The maximum absolute atomic E-state index is 10.7. The first-order valence-electron chi connectivity index (χ1n) is 5.14. The van der Waals surface area contributed by atoms with Crippen LogP contribution < -0.4 is 5.32 Å². The molecule has 0 saturated carbocycles. The van der Waals surface area contributed by atoms with Crippen molar-refractivity contribution in [2.45, 2.75) is 26.3 Å². The Bertz CT molecular complexity index is 159. The van der Waals surface area contributed by atoms with Gasteiger partial charge < -0.3 is 10.1 Å². The summed E-state index contributed by atoms with van der Waals surface area (Å²) in [6.07, 6.45) is 2.25. The topological polar surface area (TPSA) is 32.3 Å². The molecule has 1 heterocycles. The molecule has 3 nitrogen and oxygen atoms in total. The Morgan fingerprint density at radius 3 is 3.00 bits per heavy atom. The second-order valence-corrected chi connectivity index (χ2v) is 4.13. The summed E-state index contributed by atoms with van der Waals surface area (Å²) in [7, 11) is 0. The molecule has 1 aliphatic heterocycles. The highest BCUT2D eigenvalue weighted by Gasteiger charge is 2.20. The highest BCUT2D eigenvalue weighted by molar-refractivity contribution is 5.58. The van der Waals surface area contributed by atoms with Gasteiger partial charge in [0.15, 0.2) is 0 Å². The smallest absolute Gasteiger partial charge is 0.138 e. The molecule has 0 aromatic carbocycles. The third-order valence-electron chi connectivity index (χ3n) is 2.55. The van der Waals surface area contributed by atoms with E-state index in [4.69, 9.17) is 0 Å². The van der Waals surface area contributed by atoms with Gasteiger partial charge in [0.1, 0.15) is 6.29 Å². The van der Waals surface area contributed by atoms with Crippen molar-refractivity contribution in [2.24, 2.45) is 5.92 Å². The van der Waals surface area contributed by atoms with Gasteiger partial charge in [-0.15, -0.1) is 0 Å². The van der Waals surface area contributed by atoms with Gasteiger partial charge in [0.05, 0.1) is 6.04 Å². The maximum Gasteiger partial charge on any atom is 0.138 e. The predicted octanol–water partition coefficient (Wildman–Crippen LogP) is 0.505. The zero-order valence-electron chi connectivity index (χ0n) is 8.62. The van der Waals surface area contributed by atoms with E-state index >= 15 is 0 Å². The van der Waals surface area contributed by atoms with Crippen LogP contribution in [0.25, 0.3) is 0 Å². The van der Waals surface area contributed by atoms with Crippen molar-refractivity contribution < 1.29 is 4.79 Å². The minimum absolute atomic E-state index is 0.104. The monoisotopic (exact) mass is 184 g/mol. The lowest BCUT2D eigenvalue weighted by Crippen LogP contribution is -2.52. The first-order chi connectivity index (χ1) is 6.24. The minimum atomic E-state index is 0.104. The number of hydrogen-bond acceptors (Lipinski definition) is 3. The number of hydrogen-bond donors (Lipinski definition) is 1. The van der Waals surface area contributed by atoms with E-state index in [0.717, 1.165) is 38.4 Å². The van der Waals surface area contributed by atoms with Crippen molar-refractivity contribution in [1.29, 1.82) is 0 Å². The predicted molar refractivity (Wildman–Crippen MR) is 53.7 cm³/mol. The lowest BCUT2D eigenvalue weighted by Gasteiger charge is -2.33. The van der Waals surface area contributed by atoms with Gasteiger partial charge in [-0.1, -0.05) is 13.8 Å². The van der Waals surface area contributed by atoms with Crippen LogP contribution >= 0.6 is 0 Å². The summed E-state index contributed by atoms with van der Waals surface area (Å²) in [5.74, 6) is 0.724. The molecule has 0 aromatic heterocycles. The molecule has 0 amide bonds. The molecule has 1 N–H and O–H groups in total. The van der Waals surface area contributed by atoms with Crippen LogP contribution in [0.3, 0.4) is 0 Å². The number of aldehydes is 1. The molecule has 76 valence electrons. The molecular weight excluding hydrogens is 164 g/mol. The molecular formula is C10H20N2O. The zero-order valence-corrected chi connectivity index (χ0v) is 8.62. The lowest BCUT2D eigenvalue weighted by molar-refractivity contribution is -0.113. The van der Waals surface area contributed by atoms with Crippen LogP contribution in [-0.4, -0.2) is 43.4 Å². The molecule has 0 spiro atoms. The fourth-order valence-electron chi connectivity index (χ4n) is 1.60. The van der Waals surface area contributed by atoms with Gasteiger partial charge in [0.2, 0.25) is 0 Å². The Kier molecular flexibility index (Phi) is 4.39. The van der Waals surface area contributed by atoms with E-state index in [0.29, 0.717) is 0 Å². The first kappa shape index (κ1) is 10.7.